The van der Waals surface area contributed by atoms with Gasteiger partial charge in [0.15, 0.2) is 11.5 Å². The van der Waals surface area contributed by atoms with Crippen LogP contribution in [0.1, 0.15) is 6.92 Å². The normalized spacial score (nSPS) is 26.3. The Morgan fingerprint density at radius 1 is 1.22 bits per heavy atom. The number of hydrogen-bond acceptors (Lipinski definition) is 4. The zero-order valence-electron chi connectivity index (χ0n) is 10.1. The van der Waals surface area contributed by atoms with Crippen LogP contribution in [0, 0.1) is 0 Å². The highest BCUT2D eigenvalue weighted by Gasteiger charge is 2.35. The van der Waals surface area contributed by atoms with Crippen LogP contribution in [0.15, 0.2) is 24.3 Å². The number of fused-ring (bicyclic) bond motifs is 1. The fourth-order valence-corrected chi connectivity index (χ4v) is 2.01. The molecule has 5 heteroatoms. The van der Waals surface area contributed by atoms with E-state index in [1.54, 1.807) is 6.07 Å². The number of amides is 1. The van der Waals surface area contributed by atoms with Crippen molar-refractivity contribution in [3.8, 4) is 11.5 Å². The molecule has 5 nitrogen and oxygen atoms in total. The van der Waals surface area contributed by atoms with Gasteiger partial charge in [-0.2, -0.15) is 0 Å². The number of hydrogen-bond donors (Lipinski definition) is 1. The van der Waals surface area contributed by atoms with Gasteiger partial charge in [-0.1, -0.05) is 12.1 Å². The molecule has 1 N–H and O–H groups in total. The van der Waals surface area contributed by atoms with Crippen LogP contribution in [0.2, 0.25) is 0 Å². The Balaban J connectivity index is 1.71. The van der Waals surface area contributed by atoms with Crippen LogP contribution in [-0.2, 0) is 9.53 Å². The minimum atomic E-state index is -0.611. The maximum Gasteiger partial charge on any atom is 0.265 e. The summed E-state index contributed by atoms with van der Waals surface area (Å²) in [5.74, 6) is 1.15. The van der Waals surface area contributed by atoms with Crippen LogP contribution in [0.25, 0.3) is 0 Å². The molecule has 0 bridgehead atoms. The van der Waals surface area contributed by atoms with Gasteiger partial charge >= 0.3 is 0 Å². The highest BCUT2D eigenvalue weighted by Crippen LogP contribution is 2.33. The van der Waals surface area contributed by atoms with Crippen molar-refractivity contribution >= 4 is 5.91 Å². The molecule has 0 spiro atoms. The van der Waals surface area contributed by atoms with Gasteiger partial charge in [0.2, 0.25) is 6.10 Å². The molecule has 1 fully saturated rings. The number of benzene rings is 1. The van der Waals surface area contributed by atoms with Gasteiger partial charge in [0.05, 0.1) is 19.3 Å². The predicted molar refractivity (Wildman–Crippen MR) is 63.7 cm³/mol. The molecular weight excluding hydrogens is 234 g/mol. The Labute approximate surface area is 105 Å². The average Bonchev–Trinajstić information content (AvgIpc) is 2.32. The molecule has 2 aliphatic rings. The molecule has 2 atom stereocenters. The van der Waals surface area contributed by atoms with Gasteiger partial charge in [-0.05, 0) is 19.1 Å². The first-order valence-electron chi connectivity index (χ1n) is 6.04. The molecule has 3 rings (SSSR count). The van der Waals surface area contributed by atoms with E-state index >= 15 is 0 Å². The van der Waals surface area contributed by atoms with Crippen molar-refractivity contribution in [3.63, 3.8) is 0 Å². The average molecular weight is 249 g/mol. The molecule has 0 aromatic heterocycles. The molecule has 1 amide bonds. The van der Waals surface area contributed by atoms with E-state index in [0.29, 0.717) is 24.7 Å². The van der Waals surface area contributed by atoms with Crippen molar-refractivity contribution in [3.05, 3.63) is 24.3 Å². The van der Waals surface area contributed by atoms with E-state index in [1.165, 1.54) is 0 Å². The third-order valence-electron chi connectivity index (χ3n) is 3.09. The minimum Gasteiger partial charge on any atom is -0.482 e. The van der Waals surface area contributed by atoms with Gasteiger partial charge in [0, 0.05) is 0 Å². The van der Waals surface area contributed by atoms with E-state index < -0.39 is 6.10 Å². The molecule has 0 radical (unpaired) electrons. The lowest BCUT2D eigenvalue weighted by molar-refractivity contribution is -0.137. The zero-order chi connectivity index (χ0) is 12.5. The topological polar surface area (TPSA) is 56.8 Å². The lowest BCUT2D eigenvalue weighted by Crippen LogP contribution is -2.56. The number of carbonyl (C=O) groups excluding carboxylic acids is 1. The van der Waals surface area contributed by atoms with Crippen molar-refractivity contribution in [2.75, 3.05) is 13.2 Å². The lowest BCUT2D eigenvalue weighted by Gasteiger charge is -2.33. The number of carbonyl (C=O) groups is 1. The van der Waals surface area contributed by atoms with Gasteiger partial charge in [0.1, 0.15) is 6.10 Å². The molecule has 0 saturated carbocycles. The Morgan fingerprint density at radius 3 is 2.50 bits per heavy atom. The second-order valence-corrected chi connectivity index (χ2v) is 4.55. The summed E-state index contributed by atoms with van der Waals surface area (Å²) < 4.78 is 16.4. The monoisotopic (exact) mass is 249 g/mol. The SMILES string of the molecule is CC1Oc2ccccc2OC1C(=O)NC1COC1. The highest BCUT2D eigenvalue weighted by molar-refractivity contribution is 5.82. The van der Waals surface area contributed by atoms with Crippen LogP contribution in [0.4, 0.5) is 0 Å². The van der Waals surface area contributed by atoms with Crippen LogP contribution in [0.3, 0.4) is 0 Å². The van der Waals surface area contributed by atoms with Crippen LogP contribution >= 0.6 is 0 Å². The maximum atomic E-state index is 12.0. The predicted octanol–water partition coefficient (Wildman–Crippen LogP) is 0.730. The third-order valence-corrected chi connectivity index (χ3v) is 3.09. The fraction of sp³-hybridized carbons (Fsp3) is 0.462. The summed E-state index contributed by atoms with van der Waals surface area (Å²) in [6.07, 6.45) is -0.915. The van der Waals surface area contributed by atoms with Crippen molar-refractivity contribution in [2.45, 2.75) is 25.2 Å². The third kappa shape index (κ3) is 2.01. The first kappa shape index (κ1) is 11.3. The zero-order valence-corrected chi connectivity index (χ0v) is 10.1. The Bertz CT molecular complexity index is 458. The molecule has 1 aromatic carbocycles. The first-order valence-corrected chi connectivity index (χ1v) is 6.04. The molecule has 2 aliphatic heterocycles. The number of rotatable bonds is 2. The largest absolute Gasteiger partial charge is 0.482 e. The van der Waals surface area contributed by atoms with E-state index in [0.717, 1.165) is 0 Å². The summed E-state index contributed by atoms with van der Waals surface area (Å²) in [6, 6.07) is 7.46. The summed E-state index contributed by atoms with van der Waals surface area (Å²) in [4.78, 5) is 12.0. The highest BCUT2D eigenvalue weighted by atomic mass is 16.6. The van der Waals surface area contributed by atoms with E-state index in [4.69, 9.17) is 14.2 Å². The van der Waals surface area contributed by atoms with E-state index in [-0.39, 0.29) is 18.1 Å². The summed E-state index contributed by atoms with van der Waals surface area (Å²) in [5, 5.41) is 2.88. The van der Waals surface area contributed by atoms with Gasteiger partial charge in [-0.15, -0.1) is 0 Å². The van der Waals surface area contributed by atoms with E-state index in [9.17, 15) is 4.79 Å². The van der Waals surface area contributed by atoms with Crippen LogP contribution in [0.5, 0.6) is 11.5 Å². The molecular formula is C13H15NO4. The van der Waals surface area contributed by atoms with E-state index in [1.807, 2.05) is 25.1 Å². The Hall–Kier alpha value is -1.75. The number of para-hydroxylation sites is 2. The molecule has 1 aromatic rings. The summed E-state index contributed by atoms with van der Waals surface area (Å²) in [6.45, 7) is 2.98. The number of nitrogens with one attached hydrogen (secondary N) is 1. The van der Waals surface area contributed by atoms with Crippen molar-refractivity contribution in [2.24, 2.45) is 0 Å². The van der Waals surface area contributed by atoms with Gasteiger partial charge in [-0.25, -0.2) is 0 Å². The Kier molecular flexibility index (Phi) is 2.83. The molecule has 18 heavy (non-hydrogen) atoms. The molecule has 0 aliphatic carbocycles. The quantitative estimate of drug-likeness (QED) is 0.839. The second kappa shape index (κ2) is 4.49. The second-order valence-electron chi connectivity index (χ2n) is 4.55. The molecule has 1 saturated heterocycles. The maximum absolute atomic E-state index is 12.0. The standard InChI is InChI=1S/C13H15NO4/c1-8-12(13(15)14-9-6-16-7-9)18-11-5-3-2-4-10(11)17-8/h2-5,8-9,12H,6-7H2,1H3,(H,14,15). The van der Waals surface area contributed by atoms with Crippen molar-refractivity contribution < 1.29 is 19.0 Å². The summed E-state index contributed by atoms with van der Waals surface area (Å²) >= 11 is 0. The smallest absolute Gasteiger partial charge is 0.265 e. The number of ether oxygens (including phenoxy) is 3. The first-order chi connectivity index (χ1) is 8.74. The van der Waals surface area contributed by atoms with E-state index in [2.05, 4.69) is 5.32 Å². The van der Waals surface area contributed by atoms with Gasteiger partial charge in [0.25, 0.3) is 5.91 Å². The minimum absolute atomic E-state index is 0.102. The molecule has 96 valence electrons. The lowest BCUT2D eigenvalue weighted by atomic mass is 10.1. The van der Waals surface area contributed by atoms with Crippen molar-refractivity contribution in [1.29, 1.82) is 0 Å². The summed E-state index contributed by atoms with van der Waals surface area (Å²) in [7, 11) is 0. The van der Waals surface area contributed by atoms with Crippen molar-refractivity contribution in [1.82, 2.24) is 5.32 Å². The van der Waals surface area contributed by atoms with Crippen LogP contribution < -0.4 is 14.8 Å². The summed E-state index contributed by atoms with van der Waals surface area (Å²) in [5.41, 5.74) is 0. The molecule has 2 heterocycles. The fourth-order valence-electron chi connectivity index (χ4n) is 2.01. The molecule has 2 unspecified atom stereocenters. The van der Waals surface area contributed by atoms with Gasteiger partial charge in [-0.3, -0.25) is 4.79 Å². The Morgan fingerprint density at radius 2 is 1.89 bits per heavy atom. The van der Waals surface area contributed by atoms with Gasteiger partial charge < -0.3 is 19.5 Å². The van der Waals surface area contributed by atoms with Crippen LogP contribution in [-0.4, -0.2) is 37.4 Å².